The molecular formula is C13H19NO. The normalized spacial score (nSPS) is 11.1. The van der Waals surface area contributed by atoms with Crippen molar-refractivity contribution in [1.82, 2.24) is 5.16 Å². The van der Waals surface area contributed by atoms with E-state index in [0.717, 1.165) is 16.9 Å². The first-order valence-electron chi connectivity index (χ1n) is 5.16. The van der Waals surface area contributed by atoms with Gasteiger partial charge >= 0.3 is 0 Å². The maximum Gasteiger partial charge on any atom is 0.141 e. The molecule has 0 fully saturated rings. The molecule has 1 aromatic heterocycles. The molecule has 0 radical (unpaired) electrons. The van der Waals surface area contributed by atoms with E-state index in [1.165, 1.54) is 0 Å². The summed E-state index contributed by atoms with van der Waals surface area (Å²) in [7, 11) is 0. The zero-order valence-corrected chi connectivity index (χ0v) is 9.95. The van der Waals surface area contributed by atoms with Crippen LogP contribution in [0.5, 0.6) is 0 Å². The van der Waals surface area contributed by atoms with Gasteiger partial charge in [-0.2, -0.15) is 0 Å². The number of hydrogen-bond donors (Lipinski definition) is 0. The molecule has 2 nitrogen and oxygen atoms in total. The van der Waals surface area contributed by atoms with Gasteiger partial charge in [-0.1, -0.05) is 49.9 Å². The van der Waals surface area contributed by atoms with Crippen molar-refractivity contribution in [3.05, 3.63) is 48.4 Å². The van der Waals surface area contributed by atoms with Crippen LogP contribution in [0, 0.1) is 6.92 Å². The van der Waals surface area contributed by atoms with Crippen LogP contribution in [0.4, 0.5) is 0 Å². The van der Waals surface area contributed by atoms with Crippen molar-refractivity contribution >= 4 is 5.57 Å². The lowest BCUT2D eigenvalue weighted by Crippen LogP contribution is -1.79. The van der Waals surface area contributed by atoms with Gasteiger partial charge in [0.15, 0.2) is 0 Å². The third-order valence-corrected chi connectivity index (χ3v) is 1.71. The van der Waals surface area contributed by atoms with E-state index >= 15 is 0 Å². The van der Waals surface area contributed by atoms with E-state index in [2.05, 4.69) is 11.7 Å². The van der Waals surface area contributed by atoms with Gasteiger partial charge in [0, 0.05) is 5.56 Å². The Hall–Kier alpha value is -1.57. The molecule has 0 atom stereocenters. The maximum atomic E-state index is 4.98. The molecule has 0 aromatic carbocycles. The maximum absolute atomic E-state index is 4.98. The molecule has 0 amide bonds. The third kappa shape index (κ3) is 3.98. The summed E-state index contributed by atoms with van der Waals surface area (Å²) in [6.45, 7) is 11.5. The third-order valence-electron chi connectivity index (χ3n) is 1.71. The van der Waals surface area contributed by atoms with Crippen LogP contribution < -0.4 is 0 Å². The Labute approximate surface area is 92.0 Å². The van der Waals surface area contributed by atoms with Gasteiger partial charge in [-0.05, 0) is 19.4 Å². The highest BCUT2D eigenvalue weighted by Crippen LogP contribution is 2.19. The molecule has 0 aliphatic rings. The van der Waals surface area contributed by atoms with Gasteiger partial charge in [-0.25, -0.2) is 0 Å². The van der Waals surface area contributed by atoms with Crippen LogP contribution in [0.2, 0.25) is 0 Å². The van der Waals surface area contributed by atoms with Gasteiger partial charge in [-0.3, -0.25) is 0 Å². The molecule has 0 bridgehead atoms. The van der Waals surface area contributed by atoms with Gasteiger partial charge in [0.05, 0.1) is 6.20 Å². The van der Waals surface area contributed by atoms with Crippen molar-refractivity contribution in [2.75, 3.05) is 0 Å². The molecule has 82 valence electrons. The van der Waals surface area contributed by atoms with Crippen LogP contribution >= 0.6 is 0 Å². The van der Waals surface area contributed by atoms with Crippen LogP contribution in [-0.2, 0) is 0 Å². The number of aryl methyl sites for hydroxylation is 1. The predicted octanol–water partition coefficient (Wildman–Crippen LogP) is 4.15. The van der Waals surface area contributed by atoms with Gasteiger partial charge in [0.2, 0.25) is 0 Å². The molecule has 0 unspecified atom stereocenters. The quantitative estimate of drug-likeness (QED) is 0.693. The van der Waals surface area contributed by atoms with Crippen molar-refractivity contribution in [1.29, 1.82) is 0 Å². The zero-order chi connectivity index (χ0) is 11.7. The number of nitrogens with zero attached hydrogens (tertiary/aromatic N) is 1. The first kappa shape index (κ1) is 13.4. The summed E-state index contributed by atoms with van der Waals surface area (Å²) in [6.07, 6.45) is 9.37. The summed E-state index contributed by atoms with van der Waals surface area (Å²) >= 11 is 0. The molecule has 0 spiro atoms. The Bertz CT molecular complexity index is 345. The van der Waals surface area contributed by atoms with E-state index in [0.29, 0.717) is 0 Å². The molecule has 0 saturated carbocycles. The minimum Gasteiger partial charge on any atom is -0.361 e. The smallest absolute Gasteiger partial charge is 0.141 e. The number of allylic oxidation sites excluding steroid dienone is 5. The molecule has 0 aliphatic carbocycles. The summed E-state index contributed by atoms with van der Waals surface area (Å²) in [5.41, 5.74) is 2.08. The number of aromatic nitrogens is 1. The molecule has 1 rings (SSSR count). The highest BCUT2D eigenvalue weighted by Gasteiger charge is 2.04. The highest BCUT2D eigenvalue weighted by atomic mass is 16.5. The average Bonchev–Trinajstić information content (AvgIpc) is 2.67. The van der Waals surface area contributed by atoms with Crippen LogP contribution in [-0.4, -0.2) is 5.16 Å². The fourth-order valence-electron chi connectivity index (χ4n) is 1.12. The Morgan fingerprint density at radius 2 is 2.13 bits per heavy atom. The first-order valence-corrected chi connectivity index (χ1v) is 5.16. The second kappa shape index (κ2) is 7.80. The molecule has 15 heavy (non-hydrogen) atoms. The topological polar surface area (TPSA) is 26.0 Å². The van der Waals surface area contributed by atoms with Crippen molar-refractivity contribution in [2.45, 2.75) is 27.7 Å². The Morgan fingerprint density at radius 3 is 2.53 bits per heavy atom. The second-order valence-corrected chi connectivity index (χ2v) is 2.65. The van der Waals surface area contributed by atoms with Crippen molar-refractivity contribution in [3.63, 3.8) is 0 Å². The Kier molecular flexibility index (Phi) is 6.98. The molecule has 1 aromatic rings. The lowest BCUT2D eigenvalue weighted by Gasteiger charge is -1.96. The summed E-state index contributed by atoms with van der Waals surface area (Å²) in [4.78, 5) is 0. The van der Waals surface area contributed by atoms with Crippen molar-refractivity contribution in [2.24, 2.45) is 0 Å². The van der Waals surface area contributed by atoms with Crippen LogP contribution in [0.25, 0.3) is 5.57 Å². The second-order valence-electron chi connectivity index (χ2n) is 2.65. The first-order chi connectivity index (χ1) is 7.29. The fraction of sp³-hybridized carbons (Fsp3) is 0.308. The Morgan fingerprint density at radius 1 is 1.47 bits per heavy atom. The average molecular weight is 205 g/mol. The van der Waals surface area contributed by atoms with E-state index < -0.39 is 0 Å². The summed E-state index contributed by atoms with van der Waals surface area (Å²) < 4.78 is 4.98. The van der Waals surface area contributed by atoms with E-state index in [-0.39, 0.29) is 0 Å². The van der Waals surface area contributed by atoms with E-state index in [9.17, 15) is 0 Å². The van der Waals surface area contributed by atoms with Gasteiger partial charge in [0.25, 0.3) is 0 Å². The molecule has 0 N–H and O–H groups in total. The standard InChI is InChI=1S/C11H13NO.C2H6/c1-4-6-10(7-5-2)11-8-12-13-9(11)3;1-2/h4-8H,1H2,2-3H3;1-2H3/b7-5-,10-6+;. The molecule has 1 heterocycles. The SMILES string of the molecule is C=C/C=C(\C=C/C)c1cnoc1C.CC. The molecule has 0 saturated heterocycles. The number of hydrogen-bond acceptors (Lipinski definition) is 2. The zero-order valence-electron chi connectivity index (χ0n) is 9.95. The van der Waals surface area contributed by atoms with Gasteiger partial charge < -0.3 is 4.52 Å². The minimum absolute atomic E-state index is 0.825. The molecule has 0 aliphatic heterocycles. The fourth-order valence-corrected chi connectivity index (χ4v) is 1.12. The van der Waals surface area contributed by atoms with E-state index in [1.54, 1.807) is 12.3 Å². The predicted molar refractivity (Wildman–Crippen MR) is 65.6 cm³/mol. The van der Waals surface area contributed by atoms with Crippen LogP contribution in [0.3, 0.4) is 0 Å². The van der Waals surface area contributed by atoms with E-state index in [4.69, 9.17) is 4.52 Å². The van der Waals surface area contributed by atoms with E-state index in [1.807, 2.05) is 45.9 Å². The summed E-state index contributed by atoms with van der Waals surface area (Å²) in [6, 6.07) is 0. The van der Waals surface area contributed by atoms with Gasteiger partial charge in [-0.15, -0.1) is 0 Å². The van der Waals surface area contributed by atoms with Crippen molar-refractivity contribution in [3.8, 4) is 0 Å². The van der Waals surface area contributed by atoms with Gasteiger partial charge in [0.1, 0.15) is 5.76 Å². The van der Waals surface area contributed by atoms with Crippen LogP contribution in [0.15, 0.2) is 41.6 Å². The highest BCUT2D eigenvalue weighted by molar-refractivity contribution is 5.75. The minimum atomic E-state index is 0.825. The summed E-state index contributed by atoms with van der Waals surface area (Å²) in [5, 5.41) is 3.72. The largest absolute Gasteiger partial charge is 0.361 e. The lowest BCUT2D eigenvalue weighted by atomic mass is 10.1. The molecule has 2 heteroatoms. The van der Waals surface area contributed by atoms with Crippen molar-refractivity contribution < 1.29 is 4.52 Å². The molecular weight excluding hydrogens is 186 g/mol. The monoisotopic (exact) mass is 205 g/mol. The van der Waals surface area contributed by atoms with Crippen LogP contribution in [0.1, 0.15) is 32.1 Å². The lowest BCUT2D eigenvalue weighted by molar-refractivity contribution is 0.397. The number of rotatable bonds is 3. The summed E-state index contributed by atoms with van der Waals surface area (Å²) in [5.74, 6) is 0.825. The Balaban J connectivity index is 0.000000921.